The van der Waals surface area contributed by atoms with Crippen molar-refractivity contribution in [3.63, 3.8) is 0 Å². The lowest BCUT2D eigenvalue weighted by Crippen LogP contribution is -2.52. The molecule has 0 amide bonds. The summed E-state index contributed by atoms with van der Waals surface area (Å²) >= 11 is 0. The molecule has 1 atom stereocenters. The van der Waals surface area contributed by atoms with E-state index in [0.29, 0.717) is 18.8 Å². The van der Waals surface area contributed by atoms with Crippen molar-refractivity contribution in [2.45, 2.75) is 38.6 Å². The SMILES string of the molecule is Cc1cccc(N2CCN(c3ccc(C(=O)O)cc3NS(=O)(=O)c3cc(C)cc(C)c3)C[C@H]2C)c1. The Morgan fingerprint density at radius 2 is 1.66 bits per heavy atom. The summed E-state index contributed by atoms with van der Waals surface area (Å²) in [7, 11) is -3.91. The molecule has 2 N–H and O–H groups in total. The average Bonchev–Trinajstić information content (AvgIpc) is 2.78. The summed E-state index contributed by atoms with van der Waals surface area (Å²) in [5.74, 6) is -1.11. The van der Waals surface area contributed by atoms with Crippen LogP contribution in [0.1, 0.15) is 34.0 Å². The number of rotatable bonds is 6. The third-order valence-corrected chi connectivity index (χ3v) is 7.64. The predicted octanol–water partition coefficient (Wildman–Crippen LogP) is 4.83. The van der Waals surface area contributed by atoms with E-state index in [-0.39, 0.29) is 22.2 Å². The number of hydrogen-bond donors (Lipinski definition) is 2. The van der Waals surface area contributed by atoms with Crippen molar-refractivity contribution in [3.8, 4) is 0 Å². The second-order valence-electron chi connectivity index (χ2n) is 9.29. The first-order valence-electron chi connectivity index (χ1n) is 11.6. The molecule has 1 fully saturated rings. The molecular weight excluding hydrogens is 462 g/mol. The van der Waals surface area contributed by atoms with Gasteiger partial charge in [0.25, 0.3) is 10.0 Å². The van der Waals surface area contributed by atoms with Gasteiger partial charge in [-0.05, 0) is 86.8 Å². The van der Waals surface area contributed by atoms with Crippen molar-refractivity contribution in [1.29, 1.82) is 0 Å². The van der Waals surface area contributed by atoms with Crippen molar-refractivity contribution >= 4 is 33.1 Å². The van der Waals surface area contributed by atoms with Crippen LogP contribution in [0.3, 0.4) is 0 Å². The molecule has 4 rings (SSSR count). The molecule has 1 saturated heterocycles. The summed E-state index contributed by atoms with van der Waals surface area (Å²) < 4.78 is 29.2. The van der Waals surface area contributed by atoms with Crippen LogP contribution in [0.4, 0.5) is 17.1 Å². The zero-order valence-corrected chi connectivity index (χ0v) is 21.3. The van der Waals surface area contributed by atoms with Crippen LogP contribution in [0.25, 0.3) is 0 Å². The number of anilines is 3. The standard InChI is InChI=1S/C27H31N3O4S/c1-18-6-5-7-23(13-18)30-11-10-29(17-21(30)4)26-9-8-22(27(31)32)16-25(26)28-35(33,34)24-14-19(2)12-20(3)15-24/h5-9,12-16,21,28H,10-11,17H2,1-4H3,(H,31,32)/t21-/m1/s1. The zero-order valence-electron chi connectivity index (χ0n) is 20.4. The lowest BCUT2D eigenvalue weighted by atomic mass is 10.1. The Kier molecular flexibility index (Phi) is 6.76. The Labute approximate surface area is 207 Å². The third-order valence-electron chi connectivity index (χ3n) is 6.29. The van der Waals surface area contributed by atoms with Gasteiger partial charge in [-0.2, -0.15) is 0 Å². The molecule has 7 nitrogen and oxygen atoms in total. The molecule has 0 aliphatic carbocycles. The van der Waals surface area contributed by atoms with E-state index >= 15 is 0 Å². The Morgan fingerprint density at radius 1 is 0.943 bits per heavy atom. The highest BCUT2D eigenvalue weighted by Gasteiger charge is 2.27. The van der Waals surface area contributed by atoms with Crippen molar-refractivity contribution in [3.05, 3.63) is 82.9 Å². The number of carbonyl (C=O) groups is 1. The van der Waals surface area contributed by atoms with Crippen molar-refractivity contribution in [1.82, 2.24) is 0 Å². The lowest BCUT2D eigenvalue weighted by molar-refractivity contribution is 0.0697. The van der Waals surface area contributed by atoms with Crippen LogP contribution in [0.15, 0.2) is 65.6 Å². The van der Waals surface area contributed by atoms with Gasteiger partial charge in [0.1, 0.15) is 0 Å². The molecule has 0 aromatic heterocycles. The van der Waals surface area contributed by atoms with Crippen molar-refractivity contribution in [2.24, 2.45) is 0 Å². The number of nitrogens with one attached hydrogen (secondary N) is 1. The van der Waals surface area contributed by atoms with E-state index in [1.165, 1.54) is 17.7 Å². The molecule has 3 aromatic carbocycles. The Bertz CT molecular complexity index is 1350. The molecule has 1 aliphatic heterocycles. The van der Waals surface area contributed by atoms with Gasteiger partial charge >= 0.3 is 5.97 Å². The fourth-order valence-electron chi connectivity index (χ4n) is 4.68. The number of hydrogen-bond acceptors (Lipinski definition) is 5. The molecule has 0 unspecified atom stereocenters. The van der Waals surface area contributed by atoms with E-state index in [1.807, 2.05) is 26.0 Å². The van der Waals surface area contributed by atoms with Crippen LogP contribution in [-0.4, -0.2) is 45.2 Å². The number of sulfonamides is 1. The summed E-state index contributed by atoms with van der Waals surface area (Å²) in [6.07, 6.45) is 0. The molecule has 35 heavy (non-hydrogen) atoms. The first-order valence-corrected chi connectivity index (χ1v) is 13.1. The minimum Gasteiger partial charge on any atom is -0.478 e. The first kappa shape index (κ1) is 24.6. The normalized spacial score (nSPS) is 16.3. The number of aromatic carboxylic acids is 1. The van der Waals surface area contributed by atoms with Gasteiger partial charge in [0.05, 0.1) is 21.8 Å². The maximum absolute atomic E-state index is 13.3. The van der Waals surface area contributed by atoms with Crippen LogP contribution >= 0.6 is 0 Å². The van der Waals surface area contributed by atoms with Gasteiger partial charge in [0.2, 0.25) is 0 Å². The maximum atomic E-state index is 13.3. The number of nitrogens with zero attached hydrogens (tertiary/aromatic N) is 2. The molecule has 0 saturated carbocycles. The first-order chi connectivity index (χ1) is 16.5. The topological polar surface area (TPSA) is 89.9 Å². The summed E-state index contributed by atoms with van der Waals surface area (Å²) in [4.78, 5) is 16.3. The number of piperazine rings is 1. The fraction of sp³-hybridized carbons (Fsp3) is 0.296. The smallest absolute Gasteiger partial charge is 0.335 e. The predicted molar refractivity (Wildman–Crippen MR) is 140 cm³/mol. The van der Waals surface area contributed by atoms with Crippen LogP contribution in [0.5, 0.6) is 0 Å². The quantitative estimate of drug-likeness (QED) is 0.511. The molecule has 184 valence electrons. The van der Waals surface area contributed by atoms with Crippen LogP contribution < -0.4 is 14.5 Å². The summed E-state index contributed by atoms with van der Waals surface area (Å²) in [5.41, 5.74) is 4.99. The Hall–Kier alpha value is -3.52. The van der Waals surface area contributed by atoms with Crippen LogP contribution in [0, 0.1) is 20.8 Å². The second kappa shape index (κ2) is 9.62. The third kappa shape index (κ3) is 5.43. The molecule has 0 spiro atoms. The van der Waals surface area contributed by atoms with Crippen molar-refractivity contribution in [2.75, 3.05) is 34.2 Å². The van der Waals surface area contributed by atoms with E-state index < -0.39 is 16.0 Å². The number of carboxylic acids is 1. The van der Waals surface area contributed by atoms with Gasteiger partial charge in [-0.25, -0.2) is 13.2 Å². The molecular formula is C27H31N3O4S. The van der Waals surface area contributed by atoms with Crippen LogP contribution in [0.2, 0.25) is 0 Å². The van der Waals surface area contributed by atoms with Gasteiger partial charge in [0.15, 0.2) is 0 Å². The highest BCUT2D eigenvalue weighted by molar-refractivity contribution is 7.92. The van der Waals surface area contributed by atoms with Gasteiger partial charge in [-0.1, -0.05) is 18.2 Å². The molecule has 3 aromatic rings. The van der Waals surface area contributed by atoms with E-state index in [9.17, 15) is 18.3 Å². The van der Waals surface area contributed by atoms with Gasteiger partial charge in [-0.15, -0.1) is 0 Å². The van der Waals surface area contributed by atoms with E-state index in [0.717, 1.165) is 23.4 Å². The van der Waals surface area contributed by atoms with E-state index in [1.54, 1.807) is 18.2 Å². The van der Waals surface area contributed by atoms with Crippen molar-refractivity contribution < 1.29 is 18.3 Å². The van der Waals surface area contributed by atoms with Gasteiger partial charge in [0, 0.05) is 31.4 Å². The Morgan fingerprint density at radius 3 is 2.29 bits per heavy atom. The molecule has 0 bridgehead atoms. The molecule has 8 heteroatoms. The minimum absolute atomic E-state index is 0.0262. The maximum Gasteiger partial charge on any atom is 0.335 e. The average molecular weight is 494 g/mol. The highest BCUT2D eigenvalue weighted by Crippen LogP contribution is 2.33. The largest absolute Gasteiger partial charge is 0.478 e. The number of benzene rings is 3. The Balaban J connectivity index is 1.65. The lowest BCUT2D eigenvalue weighted by Gasteiger charge is -2.43. The summed E-state index contributed by atoms with van der Waals surface area (Å²) in [6, 6.07) is 18.3. The summed E-state index contributed by atoms with van der Waals surface area (Å²) in [5, 5.41) is 9.53. The number of aryl methyl sites for hydroxylation is 3. The van der Waals surface area contributed by atoms with E-state index in [4.69, 9.17) is 0 Å². The number of carboxylic acid groups (broad SMARTS) is 1. The zero-order chi connectivity index (χ0) is 25.3. The fourth-order valence-corrected chi connectivity index (χ4v) is 5.94. The van der Waals surface area contributed by atoms with Gasteiger partial charge in [-0.3, -0.25) is 4.72 Å². The van der Waals surface area contributed by atoms with Crippen LogP contribution in [-0.2, 0) is 10.0 Å². The molecule has 0 radical (unpaired) electrons. The summed E-state index contributed by atoms with van der Waals surface area (Å²) in [6.45, 7) is 9.99. The monoisotopic (exact) mass is 493 g/mol. The highest BCUT2D eigenvalue weighted by atomic mass is 32.2. The molecule has 1 heterocycles. The molecule has 1 aliphatic rings. The van der Waals surface area contributed by atoms with E-state index in [2.05, 4.69) is 46.6 Å². The minimum atomic E-state index is -3.91. The van der Waals surface area contributed by atoms with Gasteiger partial charge < -0.3 is 14.9 Å². The second-order valence-corrected chi connectivity index (χ2v) is 11.0.